The summed E-state index contributed by atoms with van der Waals surface area (Å²) >= 11 is 6.04. The third kappa shape index (κ3) is 9.17. The average Bonchev–Trinajstić information content (AvgIpc) is 3.98. The summed E-state index contributed by atoms with van der Waals surface area (Å²) in [5, 5.41) is 12.4. The minimum Gasteiger partial charge on any atom is -0.454 e. The first-order valence-corrected chi connectivity index (χ1v) is 20.0. The number of aromatic nitrogens is 3. The lowest BCUT2D eigenvalue weighted by Gasteiger charge is -2.25. The van der Waals surface area contributed by atoms with Gasteiger partial charge in [-0.05, 0) is 105 Å². The molecule has 0 saturated heterocycles. The van der Waals surface area contributed by atoms with Crippen molar-refractivity contribution in [3.63, 3.8) is 0 Å². The summed E-state index contributed by atoms with van der Waals surface area (Å²) in [7, 11) is -2.24. The predicted octanol–water partition coefficient (Wildman–Crippen LogP) is 5.69. The highest BCUT2D eigenvalue weighted by molar-refractivity contribution is 6.46. The first kappa shape index (κ1) is 37.7. The van der Waals surface area contributed by atoms with Crippen LogP contribution in [0.15, 0.2) is 48.5 Å². The molecular formula is C36H40ClF3N8O5Si. The largest absolute Gasteiger partial charge is 0.454 e. The second kappa shape index (κ2) is 15.2. The standard InChI is InChI=1S/C36H40ClF3N8O5Si/c37-24-12-10-23(11-13-24)34(16-17-34)47-32-43-31(44-33(45-32)53-20-36(38,39)40)42-25-14-8-22(9-15-25)29(50)41-18-2-5-28(49)46-35(19-27(35)21-6-7-21)30(51)48-54(52)26-3-1-4-26/h8-15,21,26-27H,1-7,16-20H2,(H,41,50)(H,46,49)(H,48,51)(H2,42,43,44,45,47)/t27-,35+/m0/s1. The first-order valence-electron chi connectivity index (χ1n) is 18.1. The average molecular weight is 785 g/mol. The number of benzene rings is 2. The maximum Gasteiger partial charge on any atom is 0.422 e. The van der Waals surface area contributed by atoms with Crippen LogP contribution in [0.3, 0.4) is 0 Å². The number of hydrogen-bond acceptors (Lipinski definition) is 10. The molecule has 13 nitrogen and oxygen atoms in total. The number of alkyl halides is 3. The van der Waals surface area contributed by atoms with E-state index in [2.05, 4.69) is 41.2 Å². The number of carbonyl (C=O) groups excluding carboxylic acids is 3. The lowest BCUT2D eigenvalue weighted by atomic mass is 10.00. The fourth-order valence-electron chi connectivity index (χ4n) is 6.78. The van der Waals surface area contributed by atoms with Gasteiger partial charge in [0.1, 0.15) is 5.54 Å². The Morgan fingerprint density at radius 2 is 1.65 bits per heavy atom. The van der Waals surface area contributed by atoms with Gasteiger partial charge in [-0.25, -0.2) is 0 Å². The van der Waals surface area contributed by atoms with Gasteiger partial charge in [0.05, 0.1) is 5.54 Å². The van der Waals surface area contributed by atoms with Gasteiger partial charge >= 0.3 is 21.0 Å². The molecule has 1 heterocycles. The van der Waals surface area contributed by atoms with Gasteiger partial charge in [0.2, 0.25) is 23.7 Å². The van der Waals surface area contributed by atoms with Gasteiger partial charge in [-0.2, -0.15) is 28.1 Å². The molecule has 4 aliphatic rings. The Morgan fingerprint density at radius 1 is 0.944 bits per heavy atom. The van der Waals surface area contributed by atoms with E-state index in [1.807, 2.05) is 12.1 Å². The number of rotatable bonds is 17. The molecule has 3 amide bonds. The van der Waals surface area contributed by atoms with Crippen molar-refractivity contribution in [2.75, 3.05) is 23.8 Å². The van der Waals surface area contributed by atoms with Gasteiger partial charge in [0, 0.05) is 34.8 Å². The molecule has 18 heteroatoms. The van der Waals surface area contributed by atoms with Crippen LogP contribution in [0.25, 0.3) is 0 Å². The molecule has 0 spiro atoms. The number of amides is 3. The van der Waals surface area contributed by atoms with Gasteiger partial charge in [0.25, 0.3) is 5.91 Å². The van der Waals surface area contributed by atoms with Crippen LogP contribution in [0.1, 0.15) is 80.1 Å². The van der Waals surface area contributed by atoms with E-state index in [4.69, 9.17) is 16.3 Å². The smallest absolute Gasteiger partial charge is 0.422 e. The third-order valence-corrected chi connectivity index (χ3v) is 12.5. The quantitative estimate of drug-likeness (QED) is 0.0844. The van der Waals surface area contributed by atoms with Gasteiger partial charge < -0.3 is 35.4 Å². The zero-order valence-electron chi connectivity index (χ0n) is 29.2. The lowest BCUT2D eigenvalue weighted by Crippen LogP contribution is -2.53. The van der Waals surface area contributed by atoms with E-state index in [0.717, 1.165) is 50.5 Å². The summed E-state index contributed by atoms with van der Waals surface area (Å²) in [4.78, 5) is 54.0. The van der Waals surface area contributed by atoms with E-state index in [1.165, 1.54) is 0 Å². The minimum absolute atomic E-state index is 0.0152. The molecule has 54 heavy (non-hydrogen) atoms. The van der Waals surface area contributed by atoms with E-state index in [1.54, 1.807) is 36.4 Å². The number of carbonyl (C=O) groups is 3. The van der Waals surface area contributed by atoms with Crippen molar-refractivity contribution < 1.29 is 36.8 Å². The molecule has 2 aromatic carbocycles. The molecular weight excluding hydrogens is 745 g/mol. The van der Waals surface area contributed by atoms with E-state index in [9.17, 15) is 32.0 Å². The Bertz CT molecular complexity index is 1910. The molecule has 2 atom stereocenters. The highest BCUT2D eigenvalue weighted by Gasteiger charge is 2.65. The highest BCUT2D eigenvalue weighted by Crippen LogP contribution is 2.57. The fourth-order valence-corrected chi connectivity index (χ4v) is 8.49. The predicted molar refractivity (Wildman–Crippen MR) is 193 cm³/mol. The number of halogens is 4. The number of nitrogens with zero attached hydrogens (tertiary/aromatic N) is 3. The van der Waals surface area contributed by atoms with E-state index in [-0.39, 0.29) is 54.0 Å². The molecule has 3 aromatic rings. The van der Waals surface area contributed by atoms with Crippen LogP contribution in [0.5, 0.6) is 6.01 Å². The molecule has 1 aromatic heterocycles. The van der Waals surface area contributed by atoms with Crippen LogP contribution in [0.4, 0.5) is 30.8 Å². The maximum absolute atomic E-state index is 13.1. The van der Waals surface area contributed by atoms with Crippen molar-refractivity contribution in [3.05, 3.63) is 64.7 Å². The zero-order valence-corrected chi connectivity index (χ0v) is 31.0. The van der Waals surface area contributed by atoms with Crippen molar-refractivity contribution in [1.29, 1.82) is 0 Å². The van der Waals surface area contributed by atoms with E-state index in [0.29, 0.717) is 35.0 Å². The Morgan fingerprint density at radius 3 is 2.28 bits per heavy atom. The molecule has 0 aliphatic heterocycles. The Kier molecular flexibility index (Phi) is 10.6. The Hall–Kier alpha value is -4.64. The van der Waals surface area contributed by atoms with E-state index >= 15 is 0 Å². The van der Waals surface area contributed by atoms with Crippen molar-refractivity contribution >= 4 is 55.8 Å². The van der Waals surface area contributed by atoms with Crippen LogP contribution >= 0.6 is 11.6 Å². The molecule has 4 fully saturated rings. The molecule has 7 rings (SSSR count). The summed E-state index contributed by atoms with van der Waals surface area (Å²) < 4.78 is 56.3. The summed E-state index contributed by atoms with van der Waals surface area (Å²) in [5.41, 5.74) is 0.242. The Labute approximate surface area is 315 Å². The lowest BCUT2D eigenvalue weighted by molar-refractivity contribution is -0.154. The van der Waals surface area contributed by atoms with Crippen LogP contribution < -0.4 is 31.0 Å². The second-order valence-electron chi connectivity index (χ2n) is 14.6. The topological polar surface area (TPSA) is 176 Å². The Balaban J connectivity index is 0.910. The minimum atomic E-state index is -4.60. The van der Waals surface area contributed by atoms with Crippen LogP contribution in [-0.4, -0.2) is 66.4 Å². The summed E-state index contributed by atoms with van der Waals surface area (Å²) in [6, 6.07) is 13.0. The zero-order chi connectivity index (χ0) is 38.1. The maximum atomic E-state index is 13.1. The monoisotopic (exact) mass is 784 g/mol. The van der Waals surface area contributed by atoms with Crippen LogP contribution in [0.2, 0.25) is 10.6 Å². The summed E-state index contributed by atoms with van der Waals surface area (Å²) in [5.74, 6) is -0.583. The van der Waals surface area contributed by atoms with Gasteiger partial charge in [-0.1, -0.05) is 30.2 Å². The second-order valence-corrected chi connectivity index (χ2v) is 16.8. The normalized spacial score (nSPS) is 21.2. The number of ether oxygens (including phenoxy) is 1. The molecule has 5 N–H and O–H groups in total. The van der Waals surface area contributed by atoms with Crippen molar-refractivity contribution in [2.45, 2.75) is 87.0 Å². The van der Waals surface area contributed by atoms with Gasteiger partial charge in [-0.3, -0.25) is 14.4 Å². The van der Waals surface area contributed by atoms with Crippen molar-refractivity contribution in [3.8, 4) is 6.01 Å². The number of nitrogens with one attached hydrogen (secondary N) is 5. The van der Waals surface area contributed by atoms with Crippen LogP contribution in [0, 0.1) is 11.8 Å². The molecule has 0 bridgehead atoms. The number of anilines is 3. The van der Waals surface area contributed by atoms with Crippen molar-refractivity contribution in [1.82, 2.24) is 30.6 Å². The van der Waals surface area contributed by atoms with E-state index < -0.39 is 38.7 Å². The molecule has 4 aliphatic carbocycles. The fraction of sp³-hybridized carbons (Fsp3) is 0.500. The summed E-state index contributed by atoms with van der Waals surface area (Å²) in [6.45, 7) is -1.37. The molecule has 0 unspecified atom stereocenters. The third-order valence-electron chi connectivity index (χ3n) is 10.4. The van der Waals surface area contributed by atoms with Gasteiger partial charge in [0.15, 0.2) is 6.61 Å². The molecule has 4 saturated carbocycles. The van der Waals surface area contributed by atoms with Crippen LogP contribution in [-0.2, 0) is 19.6 Å². The number of hydrogen-bond donors (Lipinski definition) is 5. The SMILES string of the molecule is O=C(CCCNC(=O)c1ccc(Nc2nc(NC3(c4ccc(Cl)cc4)CC3)nc(OCC(F)(F)F)n2)cc1)N[C@]1(C(=O)N[Si](=O)C2CCC2)C[C@H]1C1CC1. The molecule has 286 valence electrons. The summed E-state index contributed by atoms with van der Waals surface area (Å²) in [6.07, 6.45) is 2.67. The van der Waals surface area contributed by atoms with Crippen molar-refractivity contribution in [2.24, 2.45) is 11.8 Å². The first-order chi connectivity index (χ1) is 25.8. The highest BCUT2D eigenvalue weighted by atomic mass is 35.5. The molecule has 0 radical (unpaired) electrons. The van der Waals surface area contributed by atoms with Gasteiger partial charge in [-0.15, -0.1) is 0 Å².